The predicted octanol–water partition coefficient (Wildman–Crippen LogP) is 6.66. The van der Waals surface area contributed by atoms with Gasteiger partial charge >= 0.3 is 0 Å². The Bertz CT molecular complexity index is 757. The number of rotatable bonds is 7. The minimum atomic E-state index is -0.211. The van der Waals surface area contributed by atoms with Crippen LogP contribution in [0.25, 0.3) is 11.1 Å². The van der Waals surface area contributed by atoms with E-state index in [2.05, 4.69) is 37.4 Å². The molecule has 0 N–H and O–H groups in total. The van der Waals surface area contributed by atoms with Gasteiger partial charge in [0.25, 0.3) is 0 Å². The first-order valence-electron chi connectivity index (χ1n) is 9.42. The van der Waals surface area contributed by atoms with Crippen LogP contribution in [0.2, 0.25) is 0 Å². The second-order valence-corrected chi connectivity index (χ2v) is 7.04. The summed E-state index contributed by atoms with van der Waals surface area (Å²) in [7, 11) is 0. The van der Waals surface area contributed by atoms with E-state index in [-0.39, 0.29) is 12.4 Å². The summed E-state index contributed by atoms with van der Waals surface area (Å²) < 4.78 is 19.9. The van der Waals surface area contributed by atoms with Gasteiger partial charge in [0.1, 0.15) is 5.82 Å². The van der Waals surface area contributed by atoms with Crippen LogP contribution in [0.15, 0.2) is 67.8 Å². The van der Waals surface area contributed by atoms with Gasteiger partial charge in [-0.15, -0.1) is 13.2 Å². The average Bonchev–Trinajstić information content (AvgIpc) is 2.69. The third kappa shape index (κ3) is 4.31. The molecule has 0 bridgehead atoms. The Morgan fingerprint density at radius 1 is 1.04 bits per heavy atom. The molecule has 3 rings (SSSR count). The van der Waals surface area contributed by atoms with Crippen molar-refractivity contribution in [1.29, 1.82) is 0 Å². The molecule has 0 heterocycles. The summed E-state index contributed by atoms with van der Waals surface area (Å²) in [4.78, 5) is 0. The van der Waals surface area contributed by atoms with Crippen molar-refractivity contribution >= 4 is 0 Å². The number of hydrogen-bond acceptors (Lipinski definition) is 1. The van der Waals surface area contributed by atoms with Crippen LogP contribution in [0.1, 0.15) is 42.7 Å². The lowest BCUT2D eigenvalue weighted by Gasteiger charge is -2.28. The van der Waals surface area contributed by atoms with Crippen molar-refractivity contribution in [3.05, 3.63) is 84.7 Å². The van der Waals surface area contributed by atoms with Gasteiger partial charge in [-0.25, -0.2) is 4.39 Å². The summed E-state index contributed by atoms with van der Waals surface area (Å²) in [5, 5.41) is 0. The van der Waals surface area contributed by atoms with E-state index in [4.69, 9.17) is 4.74 Å². The topological polar surface area (TPSA) is 9.23 Å². The first-order valence-corrected chi connectivity index (χ1v) is 9.42. The third-order valence-electron chi connectivity index (χ3n) is 5.36. The largest absolute Gasteiger partial charge is 0.373 e. The maximum Gasteiger partial charge on any atom is 0.129 e. The van der Waals surface area contributed by atoms with Crippen LogP contribution in [0.5, 0.6) is 0 Å². The fourth-order valence-corrected chi connectivity index (χ4v) is 3.87. The molecule has 0 amide bonds. The van der Waals surface area contributed by atoms with Crippen LogP contribution < -0.4 is 0 Å². The van der Waals surface area contributed by atoms with Crippen LogP contribution >= 0.6 is 0 Å². The van der Waals surface area contributed by atoms with Gasteiger partial charge in [0, 0.05) is 5.56 Å². The molecule has 0 aromatic heterocycles. The molecule has 0 atom stereocenters. The minimum Gasteiger partial charge on any atom is -0.373 e. The molecule has 1 nitrogen and oxygen atoms in total. The Balaban J connectivity index is 1.82. The van der Waals surface area contributed by atoms with Gasteiger partial charge in [-0.05, 0) is 60.3 Å². The Kier molecular flexibility index (Phi) is 6.40. The van der Waals surface area contributed by atoms with Crippen molar-refractivity contribution in [1.82, 2.24) is 0 Å². The maximum absolute atomic E-state index is 14.5. The summed E-state index contributed by atoms with van der Waals surface area (Å²) >= 11 is 0. The van der Waals surface area contributed by atoms with Gasteiger partial charge in [-0.2, -0.15) is 0 Å². The molecule has 1 aliphatic rings. The zero-order valence-electron chi connectivity index (χ0n) is 15.3. The summed E-state index contributed by atoms with van der Waals surface area (Å²) in [5.41, 5.74) is 4.01. The molecule has 0 saturated heterocycles. The molecule has 2 heteroatoms. The van der Waals surface area contributed by atoms with Crippen molar-refractivity contribution in [2.45, 2.75) is 38.2 Å². The molecule has 136 valence electrons. The number of allylic oxidation sites excluding steroid dienone is 1. The van der Waals surface area contributed by atoms with Crippen molar-refractivity contribution in [3.8, 4) is 11.1 Å². The number of benzene rings is 2. The molecular formula is C24H27FO. The lowest BCUT2D eigenvalue weighted by atomic mass is 9.77. The van der Waals surface area contributed by atoms with E-state index in [1.807, 2.05) is 18.2 Å². The van der Waals surface area contributed by atoms with Crippen molar-refractivity contribution in [2.75, 3.05) is 6.61 Å². The number of hydrogen-bond donors (Lipinski definition) is 0. The van der Waals surface area contributed by atoms with Crippen LogP contribution in [0, 0.1) is 11.7 Å². The maximum atomic E-state index is 14.5. The van der Waals surface area contributed by atoms with Crippen molar-refractivity contribution in [3.63, 3.8) is 0 Å². The predicted molar refractivity (Wildman–Crippen MR) is 107 cm³/mol. The van der Waals surface area contributed by atoms with E-state index < -0.39 is 0 Å². The minimum absolute atomic E-state index is 0.211. The highest BCUT2D eigenvalue weighted by Gasteiger charge is 2.23. The summed E-state index contributed by atoms with van der Waals surface area (Å²) in [6, 6.07) is 13.9. The van der Waals surface area contributed by atoms with Crippen molar-refractivity contribution < 1.29 is 9.13 Å². The van der Waals surface area contributed by atoms with Gasteiger partial charge in [-0.1, -0.05) is 48.6 Å². The van der Waals surface area contributed by atoms with E-state index >= 15 is 0 Å². The van der Waals surface area contributed by atoms with E-state index in [1.165, 1.54) is 31.2 Å². The van der Waals surface area contributed by atoms with Gasteiger partial charge in [0.05, 0.1) is 13.2 Å². The van der Waals surface area contributed by atoms with Gasteiger partial charge in [-0.3, -0.25) is 0 Å². The molecule has 1 saturated carbocycles. The Labute approximate surface area is 156 Å². The second-order valence-electron chi connectivity index (χ2n) is 7.04. The zero-order chi connectivity index (χ0) is 18.4. The average molecular weight is 350 g/mol. The lowest BCUT2D eigenvalue weighted by Crippen LogP contribution is -2.12. The van der Waals surface area contributed by atoms with E-state index in [0.29, 0.717) is 24.0 Å². The SMILES string of the molecule is C=CCOCc1ccc(-c2ccccc2[C@H]2CC[C@H](C=C)CC2)cc1F. The van der Waals surface area contributed by atoms with Crippen LogP contribution in [0.4, 0.5) is 4.39 Å². The Morgan fingerprint density at radius 3 is 2.50 bits per heavy atom. The van der Waals surface area contributed by atoms with Crippen molar-refractivity contribution in [2.24, 2.45) is 5.92 Å². The molecule has 0 aliphatic heterocycles. The van der Waals surface area contributed by atoms with E-state index in [0.717, 1.165) is 11.1 Å². The normalized spacial score (nSPS) is 19.9. The molecule has 2 aromatic carbocycles. The fraction of sp³-hybridized carbons (Fsp3) is 0.333. The quantitative estimate of drug-likeness (QED) is 0.401. The zero-order valence-corrected chi connectivity index (χ0v) is 15.3. The number of ether oxygens (including phenoxy) is 1. The highest BCUT2D eigenvalue weighted by Crippen LogP contribution is 2.40. The first kappa shape index (κ1) is 18.6. The lowest BCUT2D eigenvalue weighted by molar-refractivity contribution is 0.146. The Hall–Kier alpha value is -2.19. The smallest absolute Gasteiger partial charge is 0.129 e. The highest BCUT2D eigenvalue weighted by atomic mass is 19.1. The third-order valence-corrected chi connectivity index (χ3v) is 5.36. The molecule has 1 aliphatic carbocycles. The molecule has 1 fully saturated rings. The molecule has 0 unspecified atom stereocenters. The summed E-state index contributed by atoms with van der Waals surface area (Å²) in [6.45, 7) is 8.24. The molecule has 2 aromatic rings. The second kappa shape index (κ2) is 8.95. The highest BCUT2D eigenvalue weighted by molar-refractivity contribution is 5.68. The molecular weight excluding hydrogens is 323 g/mol. The fourth-order valence-electron chi connectivity index (χ4n) is 3.87. The number of halogens is 1. The summed E-state index contributed by atoms with van der Waals surface area (Å²) in [5.74, 6) is 0.975. The molecule has 26 heavy (non-hydrogen) atoms. The first-order chi connectivity index (χ1) is 12.7. The van der Waals surface area contributed by atoms with Gasteiger partial charge < -0.3 is 4.74 Å². The van der Waals surface area contributed by atoms with Crippen LogP contribution in [0.3, 0.4) is 0 Å². The monoisotopic (exact) mass is 350 g/mol. The van der Waals surface area contributed by atoms with E-state index in [1.54, 1.807) is 12.1 Å². The Morgan fingerprint density at radius 2 is 1.81 bits per heavy atom. The van der Waals surface area contributed by atoms with E-state index in [9.17, 15) is 4.39 Å². The van der Waals surface area contributed by atoms with Crippen LogP contribution in [-0.4, -0.2) is 6.61 Å². The summed E-state index contributed by atoms with van der Waals surface area (Å²) in [6.07, 6.45) is 8.48. The molecule has 0 spiro atoms. The van der Waals surface area contributed by atoms with Gasteiger partial charge in [0.15, 0.2) is 0 Å². The van der Waals surface area contributed by atoms with Crippen LogP contribution in [-0.2, 0) is 11.3 Å². The standard InChI is InChI=1S/C24H27FO/c1-3-15-26-17-21-14-13-20(16-24(21)25)23-8-6-5-7-22(23)19-11-9-18(4-2)10-12-19/h3-8,13-14,16,18-19H,1-2,9-12,15,17H2/t18-,19-. The van der Waals surface area contributed by atoms with Gasteiger partial charge in [0.2, 0.25) is 0 Å². The molecule has 0 radical (unpaired) electrons.